The molecular formula is C32H38CuLiSi2+. The SMILES string of the molecule is CC(C)(C)[Si](c1ccccc1)c1ccccc1.CC(C)(C)[Si](c1ccccc1)c1ccccc1.[Cu].[Li+]. The topological polar surface area (TPSA) is 0 Å². The third-order valence-electron chi connectivity index (χ3n) is 5.75. The zero-order chi connectivity index (χ0) is 24.6. The van der Waals surface area contributed by atoms with Gasteiger partial charge in [0.1, 0.15) is 17.6 Å². The third-order valence-corrected chi connectivity index (χ3v) is 12.4. The van der Waals surface area contributed by atoms with Crippen LogP contribution in [0.4, 0.5) is 0 Å². The molecule has 0 saturated carbocycles. The van der Waals surface area contributed by atoms with Gasteiger partial charge in [0.05, 0.1) is 0 Å². The largest absolute Gasteiger partial charge is 1.00 e. The molecule has 0 amide bonds. The molecule has 0 aliphatic carbocycles. The molecule has 4 rings (SSSR count). The molecular weight excluding hydrogens is 511 g/mol. The quantitative estimate of drug-likeness (QED) is 0.344. The van der Waals surface area contributed by atoms with Crippen LogP contribution in [0.2, 0.25) is 10.1 Å². The van der Waals surface area contributed by atoms with Crippen LogP contribution in [-0.2, 0) is 17.1 Å². The Morgan fingerprint density at radius 1 is 0.361 bits per heavy atom. The number of hydrogen-bond acceptors (Lipinski definition) is 0. The van der Waals surface area contributed by atoms with Crippen LogP contribution in [0.3, 0.4) is 0 Å². The van der Waals surface area contributed by atoms with Gasteiger partial charge in [0.2, 0.25) is 0 Å². The minimum Gasteiger partial charge on any atom is -0.0628 e. The summed E-state index contributed by atoms with van der Waals surface area (Å²) in [5.74, 6) is 0. The molecule has 0 saturated heterocycles. The van der Waals surface area contributed by atoms with Gasteiger partial charge >= 0.3 is 18.9 Å². The minimum absolute atomic E-state index is 0. The fourth-order valence-corrected chi connectivity index (χ4v) is 10.7. The van der Waals surface area contributed by atoms with E-state index in [1.54, 1.807) is 0 Å². The van der Waals surface area contributed by atoms with Crippen LogP contribution >= 0.6 is 0 Å². The van der Waals surface area contributed by atoms with Crippen LogP contribution in [0.15, 0.2) is 121 Å². The van der Waals surface area contributed by atoms with Crippen LogP contribution in [0.25, 0.3) is 0 Å². The van der Waals surface area contributed by atoms with E-state index in [1.807, 2.05) is 0 Å². The van der Waals surface area contributed by atoms with Crippen LogP contribution in [0, 0.1) is 0 Å². The molecule has 185 valence electrons. The maximum absolute atomic E-state index is 2.35. The molecule has 0 fully saturated rings. The predicted octanol–water partition coefficient (Wildman–Crippen LogP) is 3.19. The van der Waals surface area contributed by atoms with Crippen molar-refractivity contribution < 1.29 is 35.9 Å². The van der Waals surface area contributed by atoms with Crippen molar-refractivity contribution in [2.24, 2.45) is 0 Å². The summed E-state index contributed by atoms with van der Waals surface area (Å²) in [6.07, 6.45) is 0. The summed E-state index contributed by atoms with van der Waals surface area (Å²) < 4.78 is 0. The second-order valence-corrected chi connectivity index (χ2v) is 17.5. The van der Waals surface area contributed by atoms with Gasteiger partial charge < -0.3 is 0 Å². The van der Waals surface area contributed by atoms with Gasteiger partial charge in [-0.25, -0.2) is 0 Å². The van der Waals surface area contributed by atoms with Gasteiger partial charge in [-0.15, -0.1) is 0 Å². The third kappa shape index (κ3) is 9.38. The molecule has 0 aliphatic heterocycles. The maximum Gasteiger partial charge on any atom is 1.00 e. The van der Waals surface area contributed by atoms with Crippen molar-refractivity contribution in [3.05, 3.63) is 121 Å². The van der Waals surface area contributed by atoms with E-state index in [2.05, 4.69) is 163 Å². The molecule has 0 unspecified atom stereocenters. The Hall–Kier alpha value is -1.57. The minimum atomic E-state index is -0.715. The molecule has 3 radical (unpaired) electrons. The Morgan fingerprint density at radius 2 is 0.528 bits per heavy atom. The maximum atomic E-state index is 2.35. The van der Waals surface area contributed by atoms with Crippen LogP contribution in [-0.4, -0.2) is 17.6 Å². The van der Waals surface area contributed by atoms with Gasteiger partial charge in [0.25, 0.3) is 0 Å². The Kier molecular flexibility index (Phi) is 13.5. The van der Waals surface area contributed by atoms with E-state index in [0.717, 1.165) is 0 Å². The van der Waals surface area contributed by atoms with Gasteiger partial charge in [0.15, 0.2) is 0 Å². The van der Waals surface area contributed by atoms with Crippen molar-refractivity contribution in [2.45, 2.75) is 51.6 Å². The van der Waals surface area contributed by atoms with Gasteiger partial charge in [-0.1, -0.05) is 184 Å². The summed E-state index contributed by atoms with van der Waals surface area (Å²) in [6.45, 7) is 14.1. The molecule has 0 nitrogen and oxygen atoms in total. The summed E-state index contributed by atoms with van der Waals surface area (Å²) in [6, 6.07) is 43.7. The molecule has 0 aromatic heterocycles. The Balaban J connectivity index is 0.000000341. The molecule has 0 heterocycles. The van der Waals surface area contributed by atoms with Crippen molar-refractivity contribution in [1.29, 1.82) is 0 Å². The second kappa shape index (κ2) is 15.0. The molecule has 4 aromatic carbocycles. The number of rotatable bonds is 4. The molecule has 4 heteroatoms. The van der Waals surface area contributed by atoms with Crippen molar-refractivity contribution in [1.82, 2.24) is 0 Å². The van der Waals surface area contributed by atoms with Crippen LogP contribution in [0.1, 0.15) is 41.5 Å². The Labute approximate surface area is 245 Å². The van der Waals surface area contributed by atoms with E-state index in [9.17, 15) is 0 Å². The van der Waals surface area contributed by atoms with Gasteiger partial charge in [-0.05, 0) is 10.1 Å². The number of hydrogen-bond donors (Lipinski definition) is 0. The average molecular weight is 549 g/mol. The Bertz CT molecular complexity index is 935. The fraction of sp³-hybridized carbons (Fsp3) is 0.250. The number of benzene rings is 4. The summed E-state index contributed by atoms with van der Waals surface area (Å²) in [5, 5.41) is 6.64. The summed E-state index contributed by atoms with van der Waals surface area (Å²) in [5.41, 5.74) is 0. The van der Waals surface area contributed by atoms with Crippen LogP contribution in [0.5, 0.6) is 0 Å². The predicted molar refractivity (Wildman–Crippen MR) is 155 cm³/mol. The molecule has 0 spiro atoms. The average Bonchev–Trinajstić information content (AvgIpc) is 2.81. The van der Waals surface area contributed by atoms with Crippen molar-refractivity contribution in [3.63, 3.8) is 0 Å². The Morgan fingerprint density at radius 3 is 0.667 bits per heavy atom. The molecule has 0 aliphatic rings. The normalized spacial score (nSPS) is 11.1. The molecule has 0 bridgehead atoms. The van der Waals surface area contributed by atoms with Crippen molar-refractivity contribution >= 4 is 38.3 Å². The van der Waals surface area contributed by atoms with E-state index in [4.69, 9.17) is 0 Å². The van der Waals surface area contributed by atoms with Crippen molar-refractivity contribution in [2.75, 3.05) is 0 Å². The fourth-order valence-electron chi connectivity index (χ4n) is 4.48. The first kappa shape index (κ1) is 32.5. The van der Waals surface area contributed by atoms with E-state index in [1.165, 1.54) is 20.7 Å². The van der Waals surface area contributed by atoms with E-state index < -0.39 is 17.6 Å². The molecule has 4 aromatic rings. The molecule has 36 heavy (non-hydrogen) atoms. The standard InChI is InChI=1S/2C16H19Si.Cu.Li/c2*1-16(2,3)17(14-10-6-4-7-11-14)15-12-8-5-9-13-15;;/h2*4-13H,1-3H3;;/q;;;+1. The zero-order valence-electron chi connectivity index (χ0n) is 22.8. The monoisotopic (exact) mass is 548 g/mol. The van der Waals surface area contributed by atoms with E-state index in [-0.39, 0.29) is 35.9 Å². The first-order chi connectivity index (χ1) is 16.2. The zero-order valence-corrected chi connectivity index (χ0v) is 25.8. The summed E-state index contributed by atoms with van der Waals surface area (Å²) in [7, 11) is -1.43. The van der Waals surface area contributed by atoms with E-state index in [0.29, 0.717) is 10.1 Å². The van der Waals surface area contributed by atoms with Gasteiger partial charge in [-0.3, -0.25) is 0 Å². The smallest absolute Gasteiger partial charge is 0.0628 e. The summed E-state index contributed by atoms with van der Waals surface area (Å²) in [4.78, 5) is 0. The van der Waals surface area contributed by atoms with Crippen LogP contribution < -0.4 is 39.6 Å². The van der Waals surface area contributed by atoms with Gasteiger partial charge in [0, 0.05) is 17.1 Å². The second-order valence-electron chi connectivity index (χ2n) is 10.7. The molecule has 0 atom stereocenters. The van der Waals surface area contributed by atoms with Gasteiger partial charge in [-0.2, -0.15) is 0 Å². The van der Waals surface area contributed by atoms with E-state index >= 15 is 0 Å². The van der Waals surface area contributed by atoms with Crippen molar-refractivity contribution in [3.8, 4) is 0 Å². The summed E-state index contributed by atoms with van der Waals surface area (Å²) >= 11 is 0. The first-order valence-corrected chi connectivity index (χ1v) is 15.1. The molecule has 0 N–H and O–H groups in total. The first-order valence-electron chi connectivity index (χ1n) is 12.1.